The van der Waals surface area contributed by atoms with Gasteiger partial charge in [-0.15, -0.1) is 0 Å². The molecule has 182 valence electrons. The van der Waals surface area contributed by atoms with Gasteiger partial charge in [-0.05, 0) is 17.5 Å². The Balaban J connectivity index is 1.77. The molecule has 0 aromatic heterocycles. The van der Waals surface area contributed by atoms with Gasteiger partial charge in [0, 0.05) is 31.2 Å². The summed E-state index contributed by atoms with van der Waals surface area (Å²) >= 11 is 0. The largest absolute Gasteiger partial charge is 0.378 e. The van der Waals surface area contributed by atoms with Gasteiger partial charge in [0.2, 0.25) is 5.91 Å². The number of morpholine rings is 1. The zero-order valence-corrected chi connectivity index (χ0v) is 20.0. The molecule has 2 aromatic rings. The fourth-order valence-electron chi connectivity index (χ4n) is 3.62. The van der Waals surface area contributed by atoms with Crippen LogP contribution in [0.15, 0.2) is 72.1 Å². The number of carbonyl (C=O) groups is 2. The molecule has 3 rings (SSSR count). The van der Waals surface area contributed by atoms with Gasteiger partial charge in [-0.25, -0.2) is 13.2 Å². The van der Waals surface area contributed by atoms with E-state index in [1.54, 1.807) is 4.90 Å². The second kappa shape index (κ2) is 12.3. The molecule has 2 aromatic carbocycles. The standard InChI is InChI=1S/C25H31N3O5S/c1-34(31,32)17-12-22(18-20-8-4-2-5-9-20)26-24(29)23(19-21-10-6-3-7-11-21)27-25(30)28-13-15-33-16-14-28/h2-12,17,22-23H,13-16,18-19H2,1H3,(H,26,29)(H,27,30)/t22-,23+/m1/s1. The third-order valence-corrected chi connectivity index (χ3v) is 6.03. The predicted molar refractivity (Wildman–Crippen MR) is 131 cm³/mol. The summed E-state index contributed by atoms with van der Waals surface area (Å²) in [6.45, 7) is 1.83. The van der Waals surface area contributed by atoms with Crippen LogP contribution in [0.1, 0.15) is 11.1 Å². The highest BCUT2D eigenvalue weighted by atomic mass is 32.2. The fourth-order valence-corrected chi connectivity index (χ4v) is 4.10. The lowest BCUT2D eigenvalue weighted by Crippen LogP contribution is -2.55. The van der Waals surface area contributed by atoms with Crippen LogP contribution < -0.4 is 10.6 Å². The van der Waals surface area contributed by atoms with Gasteiger partial charge < -0.3 is 20.3 Å². The van der Waals surface area contributed by atoms with E-state index in [2.05, 4.69) is 10.6 Å². The van der Waals surface area contributed by atoms with E-state index in [0.717, 1.165) is 22.8 Å². The molecule has 1 aliphatic heterocycles. The number of sulfone groups is 1. The Bertz CT molecular complexity index is 1070. The highest BCUT2D eigenvalue weighted by molar-refractivity contribution is 7.93. The number of rotatable bonds is 9. The minimum Gasteiger partial charge on any atom is -0.378 e. The third-order valence-electron chi connectivity index (χ3n) is 5.38. The number of urea groups is 1. The number of amides is 3. The van der Waals surface area contributed by atoms with Crippen molar-refractivity contribution in [1.29, 1.82) is 0 Å². The van der Waals surface area contributed by atoms with Crippen molar-refractivity contribution in [3.05, 3.63) is 83.3 Å². The summed E-state index contributed by atoms with van der Waals surface area (Å²) < 4.78 is 28.7. The van der Waals surface area contributed by atoms with Crippen LogP contribution in [-0.4, -0.2) is 69.9 Å². The second-order valence-electron chi connectivity index (χ2n) is 8.25. The van der Waals surface area contributed by atoms with Crippen LogP contribution >= 0.6 is 0 Å². The zero-order chi connectivity index (χ0) is 24.4. The summed E-state index contributed by atoms with van der Waals surface area (Å²) in [5, 5.41) is 6.87. The molecule has 0 bridgehead atoms. The molecule has 2 atom stereocenters. The zero-order valence-electron chi connectivity index (χ0n) is 19.2. The summed E-state index contributed by atoms with van der Waals surface area (Å²) in [5.41, 5.74) is 1.85. The number of carbonyl (C=O) groups excluding carboxylic acids is 2. The normalized spacial score (nSPS) is 16.1. The molecule has 0 spiro atoms. The second-order valence-corrected chi connectivity index (χ2v) is 10.2. The number of benzene rings is 2. The van der Waals surface area contributed by atoms with Crippen LogP contribution in [0.5, 0.6) is 0 Å². The lowest BCUT2D eigenvalue weighted by molar-refractivity contribution is -0.123. The van der Waals surface area contributed by atoms with Crippen molar-refractivity contribution in [3.8, 4) is 0 Å². The van der Waals surface area contributed by atoms with Crippen molar-refractivity contribution in [1.82, 2.24) is 15.5 Å². The summed E-state index contributed by atoms with van der Waals surface area (Å²) in [5.74, 6) is -0.385. The van der Waals surface area contributed by atoms with Crippen LogP contribution in [-0.2, 0) is 32.2 Å². The van der Waals surface area contributed by atoms with E-state index in [9.17, 15) is 18.0 Å². The van der Waals surface area contributed by atoms with Crippen molar-refractivity contribution in [2.75, 3.05) is 32.6 Å². The molecule has 1 fully saturated rings. The Morgan fingerprint density at radius 1 is 0.941 bits per heavy atom. The number of nitrogens with one attached hydrogen (secondary N) is 2. The first-order valence-electron chi connectivity index (χ1n) is 11.2. The first-order valence-corrected chi connectivity index (χ1v) is 13.2. The first-order chi connectivity index (χ1) is 16.3. The van der Waals surface area contributed by atoms with Crippen molar-refractivity contribution in [3.63, 3.8) is 0 Å². The molecule has 1 heterocycles. The molecule has 8 nitrogen and oxygen atoms in total. The van der Waals surface area contributed by atoms with Gasteiger partial charge in [0.05, 0.1) is 19.3 Å². The van der Waals surface area contributed by atoms with Crippen molar-refractivity contribution in [2.45, 2.75) is 24.9 Å². The maximum absolute atomic E-state index is 13.3. The molecular formula is C25H31N3O5S. The maximum Gasteiger partial charge on any atom is 0.318 e. The topological polar surface area (TPSA) is 105 Å². The van der Waals surface area contributed by atoms with E-state index in [-0.39, 0.29) is 11.9 Å². The number of nitrogens with zero attached hydrogens (tertiary/aromatic N) is 1. The lowest BCUT2D eigenvalue weighted by Gasteiger charge is -2.29. The molecule has 2 N–H and O–H groups in total. The van der Waals surface area contributed by atoms with Crippen LogP contribution in [0.2, 0.25) is 0 Å². The quantitative estimate of drug-likeness (QED) is 0.565. The Hall–Kier alpha value is -3.17. The summed E-state index contributed by atoms with van der Waals surface area (Å²) in [6.07, 6.45) is 3.29. The van der Waals surface area contributed by atoms with E-state index < -0.39 is 21.9 Å². The predicted octanol–water partition coefficient (Wildman–Crippen LogP) is 1.93. The number of ether oxygens (including phenoxy) is 1. The number of hydrogen-bond acceptors (Lipinski definition) is 5. The smallest absolute Gasteiger partial charge is 0.318 e. The average molecular weight is 486 g/mol. The van der Waals surface area contributed by atoms with E-state index >= 15 is 0 Å². The SMILES string of the molecule is CS(=O)(=O)C=C[C@H](Cc1ccccc1)NC(=O)[C@H](Cc1ccccc1)NC(=O)N1CCOCC1. The maximum atomic E-state index is 13.3. The van der Waals surface area contributed by atoms with Crippen LogP contribution in [0.25, 0.3) is 0 Å². The Morgan fingerprint density at radius 2 is 1.50 bits per heavy atom. The summed E-state index contributed by atoms with van der Waals surface area (Å²) in [4.78, 5) is 27.8. The van der Waals surface area contributed by atoms with Gasteiger partial charge in [-0.2, -0.15) is 0 Å². The molecule has 0 unspecified atom stereocenters. The molecule has 3 amide bonds. The van der Waals surface area contributed by atoms with Crippen molar-refractivity contribution in [2.24, 2.45) is 0 Å². The average Bonchev–Trinajstić information content (AvgIpc) is 2.83. The summed E-state index contributed by atoms with van der Waals surface area (Å²) in [7, 11) is -3.37. The summed E-state index contributed by atoms with van der Waals surface area (Å²) in [6, 6.07) is 17.2. The molecule has 34 heavy (non-hydrogen) atoms. The lowest BCUT2D eigenvalue weighted by atomic mass is 10.0. The molecular weight excluding hydrogens is 454 g/mol. The van der Waals surface area contributed by atoms with E-state index in [1.807, 2.05) is 60.7 Å². The van der Waals surface area contributed by atoms with Gasteiger partial charge in [0.25, 0.3) is 0 Å². The number of hydrogen-bond donors (Lipinski definition) is 2. The van der Waals surface area contributed by atoms with Crippen LogP contribution in [0, 0.1) is 0 Å². The monoisotopic (exact) mass is 485 g/mol. The minimum absolute atomic E-state index is 0.302. The Morgan fingerprint density at radius 3 is 2.06 bits per heavy atom. The molecule has 1 saturated heterocycles. The van der Waals surface area contributed by atoms with Crippen LogP contribution in [0.4, 0.5) is 4.79 Å². The van der Waals surface area contributed by atoms with Crippen LogP contribution in [0.3, 0.4) is 0 Å². The van der Waals surface area contributed by atoms with Gasteiger partial charge >= 0.3 is 6.03 Å². The molecule has 0 saturated carbocycles. The minimum atomic E-state index is -3.37. The van der Waals surface area contributed by atoms with Gasteiger partial charge in [0.1, 0.15) is 6.04 Å². The highest BCUT2D eigenvalue weighted by Crippen LogP contribution is 2.09. The molecule has 1 aliphatic rings. The third kappa shape index (κ3) is 8.64. The van der Waals surface area contributed by atoms with Crippen molar-refractivity contribution < 1.29 is 22.7 Å². The van der Waals surface area contributed by atoms with Gasteiger partial charge in [-0.1, -0.05) is 66.7 Å². The fraction of sp³-hybridized carbons (Fsp3) is 0.360. The van der Waals surface area contributed by atoms with E-state index in [0.29, 0.717) is 39.1 Å². The molecule has 9 heteroatoms. The van der Waals surface area contributed by atoms with Crippen molar-refractivity contribution >= 4 is 21.8 Å². The molecule has 0 aliphatic carbocycles. The van der Waals surface area contributed by atoms with Gasteiger partial charge in [-0.3, -0.25) is 4.79 Å². The van der Waals surface area contributed by atoms with E-state index in [4.69, 9.17) is 4.74 Å². The first kappa shape index (κ1) is 25.5. The highest BCUT2D eigenvalue weighted by Gasteiger charge is 2.26. The van der Waals surface area contributed by atoms with Gasteiger partial charge in [0.15, 0.2) is 9.84 Å². The molecule has 0 radical (unpaired) electrons. The van der Waals surface area contributed by atoms with E-state index in [1.165, 1.54) is 6.08 Å². The Kier molecular flexibility index (Phi) is 9.24. The Labute approximate surface area is 200 Å².